The molecule has 3 amide bonds. The standard InChI is InChI=1S/C10H17ClN2O2S/c1-16-8-4-2-3-7(5-8)12-10(15)13-9(14)6-11/h7-8H,2-6H2,1H3,(H2,12,13,14,15). The number of nitrogens with one attached hydrogen (secondary N) is 2. The van der Waals surface area contributed by atoms with Crippen LogP contribution in [0.1, 0.15) is 25.7 Å². The Hall–Kier alpha value is -0.420. The fraction of sp³-hybridized carbons (Fsp3) is 0.800. The molecule has 0 heterocycles. The lowest BCUT2D eigenvalue weighted by Crippen LogP contribution is -2.46. The SMILES string of the molecule is CSC1CCCC(NC(=O)NC(=O)CCl)C1. The van der Waals surface area contributed by atoms with Crippen LogP contribution in [0.4, 0.5) is 4.79 Å². The highest BCUT2D eigenvalue weighted by Crippen LogP contribution is 2.26. The molecule has 92 valence electrons. The molecule has 0 saturated heterocycles. The smallest absolute Gasteiger partial charge is 0.321 e. The van der Waals surface area contributed by atoms with Gasteiger partial charge in [-0.3, -0.25) is 10.1 Å². The first-order chi connectivity index (χ1) is 7.65. The summed E-state index contributed by atoms with van der Waals surface area (Å²) < 4.78 is 0. The predicted molar refractivity (Wildman–Crippen MR) is 67.0 cm³/mol. The van der Waals surface area contributed by atoms with Crippen LogP contribution in [0, 0.1) is 0 Å². The van der Waals surface area contributed by atoms with Crippen LogP contribution >= 0.6 is 23.4 Å². The summed E-state index contributed by atoms with van der Waals surface area (Å²) in [6.07, 6.45) is 6.38. The highest BCUT2D eigenvalue weighted by Gasteiger charge is 2.22. The molecule has 2 N–H and O–H groups in total. The van der Waals surface area contributed by atoms with E-state index in [0.29, 0.717) is 5.25 Å². The zero-order valence-electron chi connectivity index (χ0n) is 9.29. The third kappa shape index (κ3) is 4.61. The fourth-order valence-electron chi connectivity index (χ4n) is 1.87. The monoisotopic (exact) mass is 264 g/mol. The highest BCUT2D eigenvalue weighted by molar-refractivity contribution is 7.99. The lowest BCUT2D eigenvalue weighted by atomic mass is 9.95. The van der Waals surface area contributed by atoms with Crippen molar-refractivity contribution in [3.8, 4) is 0 Å². The van der Waals surface area contributed by atoms with Gasteiger partial charge in [-0.25, -0.2) is 4.79 Å². The maximum absolute atomic E-state index is 11.4. The number of carbonyl (C=O) groups excluding carboxylic acids is 2. The first-order valence-electron chi connectivity index (χ1n) is 5.34. The third-order valence-corrected chi connectivity index (χ3v) is 4.01. The quantitative estimate of drug-likeness (QED) is 0.764. The summed E-state index contributed by atoms with van der Waals surface area (Å²) >= 11 is 7.12. The van der Waals surface area contributed by atoms with E-state index in [0.717, 1.165) is 19.3 Å². The second-order valence-corrected chi connectivity index (χ2v) is 5.28. The molecule has 1 aliphatic rings. The van der Waals surface area contributed by atoms with Crippen LogP contribution < -0.4 is 10.6 Å². The Morgan fingerprint density at radius 1 is 1.44 bits per heavy atom. The van der Waals surface area contributed by atoms with Crippen LogP contribution in [-0.4, -0.2) is 35.4 Å². The molecule has 6 heteroatoms. The number of hydrogen-bond donors (Lipinski definition) is 2. The predicted octanol–water partition coefficient (Wildman–Crippen LogP) is 1.73. The summed E-state index contributed by atoms with van der Waals surface area (Å²) in [5.41, 5.74) is 0. The first-order valence-corrected chi connectivity index (χ1v) is 7.17. The minimum absolute atomic E-state index is 0.175. The third-order valence-electron chi connectivity index (χ3n) is 2.67. The van der Waals surface area contributed by atoms with Gasteiger partial charge in [-0.1, -0.05) is 6.42 Å². The van der Waals surface area contributed by atoms with Gasteiger partial charge in [-0.05, 0) is 25.5 Å². The van der Waals surface area contributed by atoms with Gasteiger partial charge in [-0.2, -0.15) is 11.8 Å². The Morgan fingerprint density at radius 2 is 2.19 bits per heavy atom. The van der Waals surface area contributed by atoms with E-state index >= 15 is 0 Å². The average Bonchev–Trinajstić information content (AvgIpc) is 2.28. The van der Waals surface area contributed by atoms with Crippen LogP contribution in [0.3, 0.4) is 0 Å². The second kappa shape index (κ2) is 7.01. The van der Waals surface area contributed by atoms with Crippen molar-refractivity contribution in [2.24, 2.45) is 0 Å². The molecular weight excluding hydrogens is 248 g/mol. The van der Waals surface area contributed by atoms with Crippen molar-refractivity contribution in [3.05, 3.63) is 0 Å². The minimum Gasteiger partial charge on any atom is -0.335 e. The lowest BCUT2D eigenvalue weighted by molar-refractivity contribution is -0.117. The molecule has 1 fully saturated rings. The van der Waals surface area contributed by atoms with E-state index in [1.807, 2.05) is 11.8 Å². The maximum atomic E-state index is 11.4. The van der Waals surface area contributed by atoms with E-state index in [-0.39, 0.29) is 11.9 Å². The average molecular weight is 265 g/mol. The first kappa shape index (κ1) is 13.6. The number of halogens is 1. The van der Waals surface area contributed by atoms with E-state index in [4.69, 9.17) is 11.6 Å². The number of rotatable bonds is 3. The Bertz CT molecular complexity index is 263. The molecule has 0 aromatic heterocycles. The molecule has 0 aromatic carbocycles. The number of imide groups is 1. The Balaban J connectivity index is 2.30. The summed E-state index contributed by atoms with van der Waals surface area (Å²) in [6.45, 7) is 0. The van der Waals surface area contributed by atoms with Crippen LogP contribution in [0.5, 0.6) is 0 Å². The number of amides is 3. The molecule has 2 unspecified atom stereocenters. The molecule has 1 rings (SSSR count). The maximum Gasteiger partial charge on any atom is 0.321 e. The highest BCUT2D eigenvalue weighted by atomic mass is 35.5. The van der Waals surface area contributed by atoms with Crippen LogP contribution in [0.15, 0.2) is 0 Å². The molecule has 0 spiro atoms. The van der Waals surface area contributed by atoms with Crippen LogP contribution in [0.25, 0.3) is 0 Å². The summed E-state index contributed by atoms with van der Waals surface area (Å²) in [5.74, 6) is -0.651. The molecule has 0 aromatic rings. The number of thioether (sulfide) groups is 1. The Morgan fingerprint density at radius 3 is 2.81 bits per heavy atom. The van der Waals surface area contributed by atoms with Crippen LogP contribution in [0.2, 0.25) is 0 Å². The molecule has 2 atom stereocenters. The second-order valence-electron chi connectivity index (χ2n) is 3.88. The van der Waals surface area contributed by atoms with Crippen molar-refractivity contribution in [3.63, 3.8) is 0 Å². The fourth-order valence-corrected chi connectivity index (χ4v) is 2.77. The van der Waals surface area contributed by atoms with Gasteiger partial charge in [0.05, 0.1) is 0 Å². The van der Waals surface area contributed by atoms with Crippen molar-refractivity contribution in [2.75, 3.05) is 12.1 Å². The molecule has 0 aliphatic heterocycles. The molecule has 16 heavy (non-hydrogen) atoms. The minimum atomic E-state index is -0.462. The van der Waals surface area contributed by atoms with Gasteiger partial charge in [0.15, 0.2) is 0 Å². The summed E-state index contributed by atoms with van der Waals surface area (Å²) in [5, 5.41) is 5.60. The van der Waals surface area contributed by atoms with Crippen molar-refractivity contribution < 1.29 is 9.59 Å². The van der Waals surface area contributed by atoms with E-state index in [9.17, 15) is 9.59 Å². The number of urea groups is 1. The molecular formula is C10H17ClN2O2S. The zero-order valence-corrected chi connectivity index (χ0v) is 10.9. The molecule has 1 aliphatic carbocycles. The van der Waals surface area contributed by atoms with Gasteiger partial charge in [0, 0.05) is 11.3 Å². The van der Waals surface area contributed by atoms with Crippen molar-refractivity contribution >= 4 is 35.3 Å². The van der Waals surface area contributed by atoms with E-state index in [1.54, 1.807) is 0 Å². The van der Waals surface area contributed by atoms with Gasteiger partial charge < -0.3 is 5.32 Å². The molecule has 1 saturated carbocycles. The topological polar surface area (TPSA) is 58.2 Å². The number of alkyl halides is 1. The Labute approximate surface area is 105 Å². The largest absolute Gasteiger partial charge is 0.335 e. The van der Waals surface area contributed by atoms with Gasteiger partial charge in [0.2, 0.25) is 5.91 Å². The normalized spacial score (nSPS) is 24.9. The van der Waals surface area contributed by atoms with E-state index < -0.39 is 11.9 Å². The molecule has 0 radical (unpaired) electrons. The van der Waals surface area contributed by atoms with Crippen LogP contribution in [-0.2, 0) is 4.79 Å². The number of carbonyl (C=O) groups is 2. The van der Waals surface area contributed by atoms with Gasteiger partial charge >= 0.3 is 6.03 Å². The van der Waals surface area contributed by atoms with Crippen molar-refractivity contribution in [1.82, 2.24) is 10.6 Å². The van der Waals surface area contributed by atoms with Gasteiger partial charge in [0.1, 0.15) is 5.88 Å². The van der Waals surface area contributed by atoms with Gasteiger partial charge in [-0.15, -0.1) is 11.6 Å². The van der Waals surface area contributed by atoms with E-state index in [2.05, 4.69) is 16.9 Å². The summed E-state index contributed by atoms with van der Waals surface area (Å²) in [6, 6.07) is -0.258. The zero-order chi connectivity index (χ0) is 12.0. The van der Waals surface area contributed by atoms with E-state index in [1.165, 1.54) is 6.42 Å². The molecule has 0 bridgehead atoms. The lowest BCUT2D eigenvalue weighted by Gasteiger charge is -2.28. The molecule has 4 nitrogen and oxygen atoms in total. The van der Waals surface area contributed by atoms with Crippen molar-refractivity contribution in [2.45, 2.75) is 37.0 Å². The number of hydrogen-bond acceptors (Lipinski definition) is 3. The van der Waals surface area contributed by atoms with Gasteiger partial charge in [0.25, 0.3) is 0 Å². The van der Waals surface area contributed by atoms with Crippen molar-refractivity contribution in [1.29, 1.82) is 0 Å². The Kier molecular flexibility index (Phi) is 5.98. The summed E-state index contributed by atoms with van der Waals surface area (Å²) in [7, 11) is 0. The summed E-state index contributed by atoms with van der Waals surface area (Å²) in [4.78, 5) is 22.2.